The first-order valence-corrected chi connectivity index (χ1v) is 10.2. The molecule has 1 fully saturated rings. The molecular formula is C24H20N4O5. The maximum atomic E-state index is 12.8. The number of nitro benzene ring substituents is 1. The third-order valence-corrected chi connectivity index (χ3v) is 5.26. The summed E-state index contributed by atoms with van der Waals surface area (Å²) >= 11 is 0. The van der Waals surface area contributed by atoms with Crippen molar-refractivity contribution >= 4 is 29.2 Å². The van der Waals surface area contributed by atoms with E-state index in [1.807, 2.05) is 6.07 Å². The van der Waals surface area contributed by atoms with Crippen LogP contribution >= 0.6 is 0 Å². The van der Waals surface area contributed by atoms with Crippen LogP contribution in [0.4, 0.5) is 16.2 Å². The SMILES string of the molecule is O=C(Nc1cccc(CN2C(=O)NC(Cc3ccc([N+](=O)[O-])cc3)C2=O)c1)c1ccccc1. The van der Waals surface area contributed by atoms with Crippen molar-refractivity contribution in [2.24, 2.45) is 0 Å². The lowest BCUT2D eigenvalue weighted by atomic mass is 10.1. The van der Waals surface area contributed by atoms with Crippen LogP contribution in [0.3, 0.4) is 0 Å². The van der Waals surface area contributed by atoms with Crippen molar-refractivity contribution in [3.05, 3.63) is 106 Å². The molecule has 2 N–H and O–H groups in total. The standard InChI is InChI=1S/C24H20N4O5/c29-22(18-6-2-1-3-7-18)25-19-8-4-5-17(13-19)15-27-23(30)21(26-24(27)31)14-16-9-11-20(12-10-16)28(32)33/h1-13,21H,14-15H2,(H,25,29)(H,26,31). The van der Waals surface area contributed by atoms with Gasteiger partial charge in [0.1, 0.15) is 6.04 Å². The highest BCUT2D eigenvalue weighted by Crippen LogP contribution is 2.19. The second-order valence-electron chi connectivity index (χ2n) is 7.57. The Kier molecular flexibility index (Phi) is 6.12. The number of carbonyl (C=O) groups excluding carboxylic acids is 3. The third kappa shape index (κ3) is 5.04. The molecule has 1 heterocycles. The van der Waals surface area contributed by atoms with Crippen LogP contribution in [0, 0.1) is 10.1 Å². The number of benzene rings is 3. The van der Waals surface area contributed by atoms with Crippen LogP contribution in [0.1, 0.15) is 21.5 Å². The van der Waals surface area contributed by atoms with Gasteiger partial charge in [0.15, 0.2) is 0 Å². The molecular weight excluding hydrogens is 424 g/mol. The predicted molar refractivity (Wildman–Crippen MR) is 121 cm³/mol. The molecule has 1 atom stereocenters. The molecule has 4 amide bonds. The summed E-state index contributed by atoms with van der Waals surface area (Å²) in [6.45, 7) is 0.0521. The van der Waals surface area contributed by atoms with Gasteiger partial charge in [-0.15, -0.1) is 0 Å². The van der Waals surface area contributed by atoms with Gasteiger partial charge < -0.3 is 10.6 Å². The number of non-ortho nitro benzene ring substituents is 1. The molecule has 9 nitrogen and oxygen atoms in total. The summed E-state index contributed by atoms with van der Waals surface area (Å²) in [6, 6.07) is 20.3. The molecule has 0 radical (unpaired) electrons. The fourth-order valence-electron chi connectivity index (χ4n) is 3.58. The Bertz CT molecular complexity index is 1210. The van der Waals surface area contributed by atoms with Gasteiger partial charge in [-0.2, -0.15) is 0 Å². The Morgan fingerprint density at radius 3 is 2.39 bits per heavy atom. The average Bonchev–Trinajstić information content (AvgIpc) is 3.07. The number of hydrogen-bond donors (Lipinski definition) is 2. The molecule has 0 aromatic heterocycles. The molecule has 166 valence electrons. The summed E-state index contributed by atoms with van der Waals surface area (Å²) in [7, 11) is 0. The minimum Gasteiger partial charge on any atom is -0.325 e. The summed E-state index contributed by atoms with van der Waals surface area (Å²) in [5.41, 5.74) is 2.41. The van der Waals surface area contributed by atoms with Gasteiger partial charge in [0.25, 0.3) is 17.5 Å². The van der Waals surface area contributed by atoms with Crippen LogP contribution in [-0.4, -0.2) is 33.7 Å². The molecule has 3 aromatic rings. The first-order chi connectivity index (χ1) is 15.9. The number of nitro groups is 1. The van der Waals surface area contributed by atoms with Crippen molar-refractivity contribution in [2.45, 2.75) is 19.0 Å². The molecule has 3 aromatic carbocycles. The number of carbonyl (C=O) groups is 3. The van der Waals surface area contributed by atoms with Crippen LogP contribution in [0.5, 0.6) is 0 Å². The van der Waals surface area contributed by atoms with Crippen molar-refractivity contribution < 1.29 is 19.3 Å². The van der Waals surface area contributed by atoms with Crippen molar-refractivity contribution in [1.82, 2.24) is 10.2 Å². The van der Waals surface area contributed by atoms with E-state index in [0.29, 0.717) is 22.4 Å². The van der Waals surface area contributed by atoms with E-state index in [-0.39, 0.29) is 30.5 Å². The number of anilines is 1. The smallest absolute Gasteiger partial charge is 0.325 e. The largest absolute Gasteiger partial charge is 0.325 e. The lowest BCUT2D eigenvalue weighted by Gasteiger charge is -2.14. The first-order valence-electron chi connectivity index (χ1n) is 10.2. The average molecular weight is 444 g/mol. The summed E-state index contributed by atoms with van der Waals surface area (Å²) in [5, 5.41) is 16.3. The predicted octanol–water partition coefficient (Wildman–Crippen LogP) is 3.51. The van der Waals surface area contributed by atoms with Gasteiger partial charge in [-0.05, 0) is 35.4 Å². The Hall–Kier alpha value is -4.53. The van der Waals surface area contributed by atoms with Crippen LogP contribution in [0.15, 0.2) is 78.9 Å². The highest BCUT2D eigenvalue weighted by Gasteiger charge is 2.37. The van der Waals surface area contributed by atoms with E-state index in [9.17, 15) is 24.5 Å². The van der Waals surface area contributed by atoms with E-state index in [1.165, 1.54) is 12.1 Å². The molecule has 4 rings (SSSR count). The maximum Gasteiger partial charge on any atom is 0.325 e. The van der Waals surface area contributed by atoms with Crippen molar-refractivity contribution in [3.8, 4) is 0 Å². The lowest BCUT2D eigenvalue weighted by Crippen LogP contribution is -2.32. The maximum absolute atomic E-state index is 12.8. The second-order valence-corrected chi connectivity index (χ2v) is 7.57. The molecule has 33 heavy (non-hydrogen) atoms. The number of rotatable bonds is 7. The van der Waals surface area contributed by atoms with E-state index in [4.69, 9.17) is 0 Å². The van der Waals surface area contributed by atoms with E-state index in [2.05, 4.69) is 10.6 Å². The number of imide groups is 1. The molecule has 0 bridgehead atoms. The zero-order valence-electron chi connectivity index (χ0n) is 17.4. The van der Waals surface area contributed by atoms with Gasteiger partial charge in [0.05, 0.1) is 11.5 Å². The second kappa shape index (κ2) is 9.31. The van der Waals surface area contributed by atoms with Crippen molar-refractivity contribution in [2.75, 3.05) is 5.32 Å². The molecule has 0 aliphatic carbocycles. The van der Waals surface area contributed by atoms with Crippen LogP contribution in [0.25, 0.3) is 0 Å². The highest BCUT2D eigenvalue weighted by molar-refractivity contribution is 6.05. The van der Waals surface area contributed by atoms with Gasteiger partial charge in [0.2, 0.25) is 0 Å². The summed E-state index contributed by atoms with van der Waals surface area (Å²) in [4.78, 5) is 49.0. The number of nitrogens with zero attached hydrogens (tertiary/aromatic N) is 2. The minimum absolute atomic E-state index is 0.0404. The molecule has 0 saturated carbocycles. The zero-order valence-corrected chi connectivity index (χ0v) is 17.4. The molecule has 1 unspecified atom stereocenters. The number of amides is 4. The quantitative estimate of drug-likeness (QED) is 0.328. The molecule has 9 heteroatoms. The molecule has 1 saturated heterocycles. The zero-order chi connectivity index (χ0) is 23.4. The summed E-state index contributed by atoms with van der Waals surface area (Å²) < 4.78 is 0. The van der Waals surface area contributed by atoms with Gasteiger partial charge in [-0.25, -0.2) is 4.79 Å². The first kappa shape index (κ1) is 21.7. The van der Waals surface area contributed by atoms with E-state index >= 15 is 0 Å². The Labute approximate surface area is 189 Å². The van der Waals surface area contributed by atoms with Crippen LogP contribution < -0.4 is 10.6 Å². The summed E-state index contributed by atoms with van der Waals surface area (Å²) in [5.74, 6) is -0.636. The fourth-order valence-corrected chi connectivity index (χ4v) is 3.58. The van der Waals surface area contributed by atoms with Crippen LogP contribution in [-0.2, 0) is 17.8 Å². The third-order valence-electron chi connectivity index (χ3n) is 5.26. The van der Waals surface area contributed by atoms with Gasteiger partial charge in [-0.1, -0.05) is 42.5 Å². The fraction of sp³-hybridized carbons (Fsp3) is 0.125. The number of hydrogen-bond acceptors (Lipinski definition) is 5. The van der Waals surface area contributed by atoms with Crippen molar-refractivity contribution in [1.29, 1.82) is 0 Å². The number of nitrogens with one attached hydrogen (secondary N) is 2. The Morgan fingerprint density at radius 2 is 1.70 bits per heavy atom. The topological polar surface area (TPSA) is 122 Å². The van der Waals surface area contributed by atoms with E-state index in [1.54, 1.807) is 60.7 Å². The number of urea groups is 1. The monoisotopic (exact) mass is 444 g/mol. The Balaban J connectivity index is 1.41. The van der Waals surface area contributed by atoms with Gasteiger partial charge in [0, 0.05) is 29.8 Å². The van der Waals surface area contributed by atoms with Crippen molar-refractivity contribution in [3.63, 3.8) is 0 Å². The molecule has 1 aliphatic heterocycles. The van der Waals surface area contributed by atoms with E-state index in [0.717, 1.165) is 4.90 Å². The lowest BCUT2D eigenvalue weighted by molar-refractivity contribution is -0.384. The minimum atomic E-state index is -0.750. The van der Waals surface area contributed by atoms with Gasteiger partial charge in [-0.3, -0.25) is 24.6 Å². The normalized spacial score (nSPS) is 15.3. The van der Waals surface area contributed by atoms with Gasteiger partial charge >= 0.3 is 6.03 Å². The van der Waals surface area contributed by atoms with Crippen LogP contribution in [0.2, 0.25) is 0 Å². The summed E-state index contributed by atoms with van der Waals surface area (Å²) in [6.07, 6.45) is 0.228. The van der Waals surface area contributed by atoms with E-state index < -0.39 is 17.0 Å². The Morgan fingerprint density at radius 1 is 0.970 bits per heavy atom. The molecule has 0 spiro atoms. The molecule has 1 aliphatic rings. The highest BCUT2D eigenvalue weighted by atomic mass is 16.6.